The molecular formula is C22H27F2NO2S. The second-order valence-electron chi connectivity index (χ2n) is 6.87. The lowest BCUT2D eigenvalue weighted by molar-refractivity contribution is -0.137. The summed E-state index contributed by atoms with van der Waals surface area (Å²) in [6.45, 7) is 2.90. The van der Waals surface area contributed by atoms with E-state index in [0.29, 0.717) is 23.7 Å². The highest BCUT2D eigenvalue weighted by molar-refractivity contribution is 7.99. The Morgan fingerprint density at radius 3 is 2.68 bits per heavy atom. The number of aliphatic carboxylic acids is 1. The third-order valence-electron chi connectivity index (χ3n) is 4.78. The van der Waals surface area contributed by atoms with Crippen LogP contribution in [0.15, 0.2) is 53.5 Å². The molecular weight excluding hydrogens is 380 g/mol. The van der Waals surface area contributed by atoms with Crippen molar-refractivity contribution in [1.29, 1.82) is 0 Å². The fourth-order valence-electron chi connectivity index (χ4n) is 3.22. The Kier molecular flexibility index (Phi) is 9.41. The number of carboxylic acid groups (broad SMARTS) is 1. The first-order valence-electron chi connectivity index (χ1n) is 9.66. The lowest BCUT2D eigenvalue weighted by Gasteiger charge is -2.13. The summed E-state index contributed by atoms with van der Waals surface area (Å²) >= 11 is 1.71. The van der Waals surface area contributed by atoms with Gasteiger partial charge >= 0.3 is 5.97 Å². The number of hydrogen-bond acceptors (Lipinski definition) is 3. The molecule has 0 unspecified atom stereocenters. The van der Waals surface area contributed by atoms with E-state index in [9.17, 15) is 13.6 Å². The van der Waals surface area contributed by atoms with Crippen LogP contribution in [0.25, 0.3) is 5.57 Å². The molecule has 3 nitrogen and oxygen atoms in total. The number of carbonyl (C=O) groups is 1. The van der Waals surface area contributed by atoms with Gasteiger partial charge in [-0.1, -0.05) is 31.6 Å². The molecule has 1 aliphatic carbocycles. The zero-order valence-electron chi connectivity index (χ0n) is 16.0. The summed E-state index contributed by atoms with van der Waals surface area (Å²) in [5, 5.41) is 10.0. The van der Waals surface area contributed by atoms with E-state index in [2.05, 4.69) is 11.6 Å². The van der Waals surface area contributed by atoms with E-state index in [0.717, 1.165) is 23.4 Å². The largest absolute Gasteiger partial charge is 0.481 e. The fourth-order valence-corrected chi connectivity index (χ4v) is 4.54. The van der Waals surface area contributed by atoms with Gasteiger partial charge in [0.1, 0.15) is 17.5 Å². The van der Waals surface area contributed by atoms with E-state index < -0.39 is 18.5 Å². The van der Waals surface area contributed by atoms with Gasteiger partial charge < -0.3 is 5.11 Å². The van der Waals surface area contributed by atoms with Crippen LogP contribution < -0.4 is 0 Å². The van der Waals surface area contributed by atoms with Crippen LogP contribution in [0.3, 0.4) is 0 Å². The van der Waals surface area contributed by atoms with Crippen LogP contribution in [0.2, 0.25) is 0 Å². The Labute approximate surface area is 169 Å². The minimum atomic E-state index is -0.899. The van der Waals surface area contributed by atoms with Crippen LogP contribution in [0.1, 0.15) is 56.9 Å². The molecule has 0 radical (unpaired) electrons. The highest BCUT2D eigenvalue weighted by Crippen LogP contribution is 2.37. The second kappa shape index (κ2) is 11.8. The molecule has 1 N–H and O–H groups in total. The van der Waals surface area contributed by atoms with E-state index in [4.69, 9.17) is 5.11 Å². The topological polar surface area (TPSA) is 50.2 Å². The summed E-state index contributed by atoms with van der Waals surface area (Å²) in [6.07, 6.45) is 10.4. The second-order valence-corrected chi connectivity index (χ2v) is 8.16. The summed E-state index contributed by atoms with van der Waals surface area (Å²) in [6, 6.07) is 3.68. The van der Waals surface area contributed by atoms with Crippen LogP contribution in [0.5, 0.6) is 0 Å². The molecule has 1 fully saturated rings. The molecule has 1 aromatic heterocycles. The number of hydrogen-bond donors (Lipinski definition) is 1. The predicted octanol–water partition coefficient (Wildman–Crippen LogP) is 6.52. The average Bonchev–Trinajstić information content (AvgIpc) is 3.19. The third kappa shape index (κ3) is 6.89. The van der Waals surface area contributed by atoms with Crippen LogP contribution in [-0.2, 0) is 4.79 Å². The molecule has 1 aromatic rings. The molecule has 0 spiro atoms. The van der Waals surface area contributed by atoms with Crippen molar-refractivity contribution in [2.75, 3.05) is 6.67 Å². The summed E-state index contributed by atoms with van der Waals surface area (Å²) in [5.41, 5.74) is 1.43. The first-order valence-corrected chi connectivity index (χ1v) is 10.5. The van der Waals surface area contributed by atoms with E-state index >= 15 is 0 Å². The van der Waals surface area contributed by atoms with Crippen LogP contribution in [0.4, 0.5) is 8.78 Å². The predicted molar refractivity (Wildman–Crippen MR) is 111 cm³/mol. The third-order valence-corrected chi connectivity index (χ3v) is 6.14. The van der Waals surface area contributed by atoms with E-state index in [-0.39, 0.29) is 18.4 Å². The number of alkyl halides is 1. The van der Waals surface area contributed by atoms with Crippen molar-refractivity contribution in [2.45, 2.75) is 61.6 Å². The SMILES string of the molecule is C=C/C(=C\C(F)=C(/CF)CCCCC(=O)O)c1cccnc1SC1CCCC1. The lowest BCUT2D eigenvalue weighted by Crippen LogP contribution is -1.98. The number of allylic oxidation sites excluding steroid dienone is 5. The fraction of sp³-hybridized carbons (Fsp3) is 0.455. The van der Waals surface area contributed by atoms with Crippen LogP contribution in [-0.4, -0.2) is 28.0 Å². The monoisotopic (exact) mass is 407 g/mol. The van der Waals surface area contributed by atoms with Gasteiger partial charge in [0.05, 0.1) is 0 Å². The standard InChI is InChI=1S/C22H27F2NO2S/c1-2-16(14-20(24)17(15-23)8-3-6-12-21(26)27)19-11-7-13-25-22(19)28-18-9-4-5-10-18/h2,7,11,13-14,18H,1,3-6,8-10,12,15H2,(H,26,27)/b16-14+,20-17+. The number of unbranched alkanes of at least 4 members (excludes halogenated alkanes) is 1. The summed E-state index contributed by atoms with van der Waals surface area (Å²) in [7, 11) is 0. The Morgan fingerprint density at radius 1 is 1.32 bits per heavy atom. The summed E-state index contributed by atoms with van der Waals surface area (Å²) in [5.74, 6) is -1.52. The molecule has 1 saturated carbocycles. The van der Waals surface area contributed by atoms with Gasteiger partial charge in [-0.2, -0.15) is 0 Å². The normalized spacial score (nSPS) is 16.1. The maximum atomic E-state index is 14.7. The average molecular weight is 408 g/mol. The summed E-state index contributed by atoms with van der Waals surface area (Å²) < 4.78 is 28.0. The van der Waals surface area contributed by atoms with Gasteiger partial charge in [-0.25, -0.2) is 13.8 Å². The lowest BCUT2D eigenvalue weighted by atomic mass is 10.0. The molecule has 0 aliphatic heterocycles. The van der Waals surface area contributed by atoms with Gasteiger partial charge in [-0.05, 0) is 55.4 Å². The van der Waals surface area contributed by atoms with Crippen molar-refractivity contribution < 1.29 is 18.7 Å². The number of rotatable bonds is 11. The minimum absolute atomic E-state index is 0.00632. The molecule has 0 amide bonds. The molecule has 2 rings (SSSR count). The number of pyridine rings is 1. The maximum absolute atomic E-state index is 14.7. The van der Waals surface area contributed by atoms with Gasteiger partial charge in [0, 0.05) is 23.4 Å². The highest BCUT2D eigenvalue weighted by Gasteiger charge is 2.19. The van der Waals surface area contributed by atoms with E-state index in [1.807, 2.05) is 6.07 Å². The number of nitrogens with zero attached hydrogens (tertiary/aromatic N) is 1. The molecule has 152 valence electrons. The number of carboxylic acids is 1. The van der Waals surface area contributed by atoms with Gasteiger partial charge in [0.25, 0.3) is 0 Å². The Morgan fingerprint density at radius 2 is 2.04 bits per heavy atom. The quantitative estimate of drug-likeness (QED) is 0.335. The van der Waals surface area contributed by atoms with E-state index in [1.54, 1.807) is 30.1 Å². The summed E-state index contributed by atoms with van der Waals surface area (Å²) in [4.78, 5) is 15.0. The van der Waals surface area contributed by atoms with Gasteiger partial charge in [-0.15, -0.1) is 11.8 Å². The van der Waals surface area contributed by atoms with Crippen molar-refractivity contribution >= 4 is 23.3 Å². The van der Waals surface area contributed by atoms with Crippen molar-refractivity contribution in [3.05, 3.63) is 54.0 Å². The zero-order chi connectivity index (χ0) is 20.4. The molecule has 0 aromatic carbocycles. The van der Waals surface area contributed by atoms with Crippen LogP contribution in [0, 0.1) is 0 Å². The highest BCUT2D eigenvalue weighted by atomic mass is 32.2. The number of aromatic nitrogens is 1. The smallest absolute Gasteiger partial charge is 0.303 e. The van der Waals surface area contributed by atoms with E-state index in [1.165, 1.54) is 18.9 Å². The maximum Gasteiger partial charge on any atom is 0.303 e. The minimum Gasteiger partial charge on any atom is -0.481 e. The van der Waals surface area contributed by atoms with Crippen molar-refractivity contribution in [3.63, 3.8) is 0 Å². The Balaban J connectivity index is 2.18. The van der Waals surface area contributed by atoms with Gasteiger partial charge in [0.15, 0.2) is 0 Å². The molecule has 0 atom stereocenters. The molecule has 28 heavy (non-hydrogen) atoms. The molecule has 6 heteroatoms. The molecule has 1 aliphatic rings. The first kappa shape index (κ1) is 22.3. The van der Waals surface area contributed by atoms with Crippen molar-refractivity contribution in [1.82, 2.24) is 4.98 Å². The first-order chi connectivity index (χ1) is 13.5. The van der Waals surface area contributed by atoms with Gasteiger partial charge in [-0.3, -0.25) is 4.79 Å². The number of halogens is 2. The Hall–Kier alpha value is -1.95. The van der Waals surface area contributed by atoms with Crippen molar-refractivity contribution in [2.24, 2.45) is 0 Å². The molecule has 1 heterocycles. The molecule has 0 saturated heterocycles. The molecule has 0 bridgehead atoms. The zero-order valence-corrected chi connectivity index (χ0v) is 16.8. The van der Waals surface area contributed by atoms with Crippen LogP contribution >= 0.6 is 11.8 Å². The Bertz CT molecular complexity index is 740. The van der Waals surface area contributed by atoms with Gasteiger partial charge in [0.2, 0.25) is 0 Å². The number of thioether (sulfide) groups is 1. The van der Waals surface area contributed by atoms with Crippen molar-refractivity contribution in [3.8, 4) is 0 Å².